The van der Waals surface area contributed by atoms with Crippen LogP contribution in [-0.2, 0) is 27.4 Å². The van der Waals surface area contributed by atoms with E-state index in [-0.39, 0.29) is 36.4 Å². The summed E-state index contributed by atoms with van der Waals surface area (Å²) >= 11 is 0. The number of aryl methyl sites for hydroxylation is 1. The minimum absolute atomic E-state index is 0.0514. The monoisotopic (exact) mass is 426 g/mol. The Labute approximate surface area is 182 Å². The van der Waals surface area contributed by atoms with Crippen LogP contribution in [0.3, 0.4) is 0 Å². The second-order valence-electron chi connectivity index (χ2n) is 8.30. The number of H-pyrrole nitrogens is 1. The van der Waals surface area contributed by atoms with E-state index in [2.05, 4.69) is 24.0 Å². The third kappa shape index (κ3) is 7.03. The first kappa shape index (κ1) is 22.7. The molecule has 0 saturated carbocycles. The van der Waals surface area contributed by atoms with Gasteiger partial charge in [0.25, 0.3) is 5.56 Å². The number of hydrogen-bond acceptors (Lipinski definition) is 5. The van der Waals surface area contributed by atoms with Gasteiger partial charge in [0.05, 0.1) is 24.9 Å². The molecule has 0 radical (unpaired) electrons. The Bertz CT molecular complexity index is 908. The first-order valence-electron chi connectivity index (χ1n) is 10.7. The molecule has 1 aromatic heterocycles. The standard InChI is InChI=1S/C23H30N4O4/c1-17(2)12-26-13-20(31-16-18-6-4-3-5-7-18)14-27(15-23(26)30)22(29)11-9-19-8-10-21(28)25-24-19/h3-8,10,17,20H,9,11-16H2,1-2H3,(H,25,28). The smallest absolute Gasteiger partial charge is 0.264 e. The van der Waals surface area contributed by atoms with Gasteiger partial charge in [0.2, 0.25) is 11.8 Å². The van der Waals surface area contributed by atoms with Gasteiger partial charge in [-0.1, -0.05) is 44.2 Å². The fraction of sp³-hybridized carbons (Fsp3) is 0.478. The summed E-state index contributed by atoms with van der Waals surface area (Å²) in [5.74, 6) is 0.142. The summed E-state index contributed by atoms with van der Waals surface area (Å²) < 4.78 is 6.13. The van der Waals surface area contributed by atoms with Crippen LogP contribution >= 0.6 is 0 Å². The first-order valence-corrected chi connectivity index (χ1v) is 10.7. The summed E-state index contributed by atoms with van der Waals surface area (Å²) in [7, 11) is 0. The van der Waals surface area contributed by atoms with Gasteiger partial charge in [-0.3, -0.25) is 14.4 Å². The molecule has 8 heteroatoms. The lowest BCUT2D eigenvalue weighted by atomic mass is 10.2. The molecule has 1 aromatic carbocycles. The van der Waals surface area contributed by atoms with Gasteiger partial charge in [-0.15, -0.1) is 0 Å². The number of ether oxygens (including phenoxy) is 1. The molecule has 8 nitrogen and oxygen atoms in total. The van der Waals surface area contributed by atoms with E-state index in [0.29, 0.717) is 44.3 Å². The number of hydrogen-bond donors (Lipinski definition) is 1. The number of rotatable bonds is 8. The zero-order valence-corrected chi connectivity index (χ0v) is 18.1. The van der Waals surface area contributed by atoms with Crippen LogP contribution in [0.2, 0.25) is 0 Å². The molecular formula is C23H30N4O4. The number of aromatic amines is 1. The Kier molecular flexibility index (Phi) is 7.94. The van der Waals surface area contributed by atoms with Gasteiger partial charge in [0.15, 0.2) is 0 Å². The molecule has 31 heavy (non-hydrogen) atoms. The van der Waals surface area contributed by atoms with Gasteiger partial charge >= 0.3 is 0 Å². The average molecular weight is 427 g/mol. The van der Waals surface area contributed by atoms with Gasteiger partial charge in [-0.25, -0.2) is 5.10 Å². The maximum absolute atomic E-state index is 12.9. The molecule has 1 aliphatic heterocycles. The van der Waals surface area contributed by atoms with E-state index in [0.717, 1.165) is 5.56 Å². The Morgan fingerprint density at radius 3 is 2.61 bits per heavy atom. The average Bonchev–Trinajstić information content (AvgIpc) is 2.91. The minimum atomic E-state index is -0.281. The molecule has 2 heterocycles. The summed E-state index contributed by atoms with van der Waals surface area (Å²) in [6, 6.07) is 12.9. The van der Waals surface area contributed by atoms with Crippen molar-refractivity contribution in [3.8, 4) is 0 Å². The Balaban J connectivity index is 1.66. The summed E-state index contributed by atoms with van der Waals surface area (Å²) in [6.45, 7) is 6.08. The molecule has 0 aliphatic carbocycles. The van der Waals surface area contributed by atoms with E-state index in [4.69, 9.17) is 4.74 Å². The van der Waals surface area contributed by atoms with E-state index in [1.54, 1.807) is 15.9 Å². The normalized spacial score (nSPS) is 17.1. The fourth-order valence-corrected chi connectivity index (χ4v) is 3.59. The van der Waals surface area contributed by atoms with Gasteiger partial charge in [-0.2, -0.15) is 5.10 Å². The van der Waals surface area contributed by atoms with Crippen molar-refractivity contribution < 1.29 is 14.3 Å². The van der Waals surface area contributed by atoms with Crippen molar-refractivity contribution in [3.05, 3.63) is 64.1 Å². The minimum Gasteiger partial charge on any atom is -0.370 e. The molecule has 0 spiro atoms. The highest BCUT2D eigenvalue weighted by Crippen LogP contribution is 2.14. The Morgan fingerprint density at radius 1 is 1.16 bits per heavy atom. The lowest BCUT2D eigenvalue weighted by Crippen LogP contribution is -2.40. The van der Waals surface area contributed by atoms with Crippen molar-refractivity contribution in [1.29, 1.82) is 0 Å². The van der Waals surface area contributed by atoms with Crippen molar-refractivity contribution in [2.24, 2.45) is 5.92 Å². The SMILES string of the molecule is CC(C)CN1CC(OCc2ccccc2)CN(C(=O)CCc2ccc(=O)[nH]n2)CC1=O. The molecule has 3 rings (SSSR count). The zero-order valence-electron chi connectivity index (χ0n) is 18.1. The van der Waals surface area contributed by atoms with Crippen molar-refractivity contribution in [1.82, 2.24) is 20.0 Å². The van der Waals surface area contributed by atoms with Crippen molar-refractivity contribution in [2.45, 2.75) is 39.4 Å². The van der Waals surface area contributed by atoms with Crippen molar-refractivity contribution >= 4 is 11.8 Å². The van der Waals surface area contributed by atoms with Crippen LogP contribution in [0.5, 0.6) is 0 Å². The molecule has 2 amide bonds. The van der Waals surface area contributed by atoms with E-state index < -0.39 is 0 Å². The molecule has 1 aliphatic rings. The van der Waals surface area contributed by atoms with Gasteiger partial charge < -0.3 is 14.5 Å². The third-order valence-electron chi connectivity index (χ3n) is 5.13. The Morgan fingerprint density at radius 2 is 1.94 bits per heavy atom. The Hall–Kier alpha value is -3.00. The van der Waals surface area contributed by atoms with Crippen molar-refractivity contribution in [3.63, 3.8) is 0 Å². The predicted molar refractivity (Wildman–Crippen MR) is 116 cm³/mol. The number of aromatic nitrogens is 2. The van der Waals surface area contributed by atoms with Crippen LogP contribution in [0.25, 0.3) is 0 Å². The van der Waals surface area contributed by atoms with E-state index in [1.807, 2.05) is 30.3 Å². The second kappa shape index (κ2) is 10.9. The van der Waals surface area contributed by atoms with Crippen LogP contribution in [0.1, 0.15) is 31.5 Å². The number of benzene rings is 1. The van der Waals surface area contributed by atoms with Gasteiger partial charge in [0.1, 0.15) is 0 Å². The third-order valence-corrected chi connectivity index (χ3v) is 5.13. The quantitative estimate of drug-likeness (QED) is 0.692. The summed E-state index contributed by atoms with van der Waals surface area (Å²) in [5, 5.41) is 6.32. The predicted octanol–water partition coefficient (Wildman–Crippen LogP) is 1.61. The van der Waals surface area contributed by atoms with Gasteiger partial charge in [-0.05, 0) is 17.5 Å². The van der Waals surface area contributed by atoms with Crippen LogP contribution < -0.4 is 5.56 Å². The maximum atomic E-state index is 12.9. The van der Waals surface area contributed by atoms with Crippen LogP contribution in [-0.4, -0.2) is 64.1 Å². The number of nitrogens with one attached hydrogen (secondary N) is 1. The summed E-state index contributed by atoms with van der Waals surface area (Å²) in [4.78, 5) is 40.2. The summed E-state index contributed by atoms with van der Waals surface area (Å²) in [6.07, 6.45) is 0.341. The van der Waals surface area contributed by atoms with E-state index >= 15 is 0 Å². The van der Waals surface area contributed by atoms with Crippen LogP contribution in [0.4, 0.5) is 0 Å². The zero-order chi connectivity index (χ0) is 22.2. The molecular weight excluding hydrogens is 396 g/mol. The first-order chi connectivity index (χ1) is 14.9. The molecule has 2 aromatic rings. The lowest BCUT2D eigenvalue weighted by Gasteiger charge is -2.26. The molecule has 1 saturated heterocycles. The largest absolute Gasteiger partial charge is 0.370 e. The highest BCUT2D eigenvalue weighted by atomic mass is 16.5. The molecule has 166 valence electrons. The molecule has 1 fully saturated rings. The topological polar surface area (TPSA) is 95.6 Å². The van der Waals surface area contributed by atoms with Gasteiger partial charge in [0, 0.05) is 38.5 Å². The van der Waals surface area contributed by atoms with E-state index in [1.165, 1.54) is 6.07 Å². The number of carbonyl (C=O) groups is 2. The van der Waals surface area contributed by atoms with Crippen LogP contribution in [0.15, 0.2) is 47.3 Å². The second-order valence-corrected chi connectivity index (χ2v) is 8.30. The molecule has 1 N–H and O–H groups in total. The number of nitrogens with zero attached hydrogens (tertiary/aromatic N) is 3. The molecule has 0 bridgehead atoms. The number of amides is 2. The lowest BCUT2D eigenvalue weighted by molar-refractivity contribution is -0.139. The summed E-state index contributed by atoms with van der Waals surface area (Å²) in [5.41, 5.74) is 1.40. The highest BCUT2D eigenvalue weighted by Gasteiger charge is 2.31. The molecule has 1 atom stereocenters. The van der Waals surface area contributed by atoms with E-state index in [9.17, 15) is 14.4 Å². The number of carbonyl (C=O) groups excluding carboxylic acids is 2. The maximum Gasteiger partial charge on any atom is 0.264 e. The highest BCUT2D eigenvalue weighted by molar-refractivity contribution is 5.85. The molecule has 1 unspecified atom stereocenters. The fourth-order valence-electron chi connectivity index (χ4n) is 3.59. The van der Waals surface area contributed by atoms with Crippen LogP contribution in [0, 0.1) is 5.92 Å². The van der Waals surface area contributed by atoms with Crippen molar-refractivity contribution in [2.75, 3.05) is 26.2 Å².